The lowest BCUT2D eigenvalue weighted by molar-refractivity contribution is -0.137. The summed E-state index contributed by atoms with van der Waals surface area (Å²) in [7, 11) is 1.62. The second-order valence-electron chi connectivity index (χ2n) is 5.35. The average Bonchev–Trinajstić information content (AvgIpc) is 2.46. The molecule has 1 aromatic rings. The van der Waals surface area contributed by atoms with Gasteiger partial charge in [-0.1, -0.05) is 6.07 Å². The summed E-state index contributed by atoms with van der Waals surface area (Å²) in [4.78, 5) is 17.4. The molecular weight excluding hydrogens is 256 g/mol. The Kier molecular flexibility index (Phi) is 5.35. The molecule has 1 atom stereocenters. The van der Waals surface area contributed by atoms with Crippen LogP contribution in [0.1, 0.15) is 31.4 Å². The molecule has 5 heteroatoms. The van der Waals surface area contributed by atoms with Crippen LogP contribution in [0.4, 0.5) is 0 Å². The predicted molar refractivity (Wildman–Crippen MR) is 75.7 cm³/mol. The van der Waals surface area contributed by atoms with E-state index in [4.69, 9.17) is 9.84 Å². The van der Waals surface area contributed by atoms with Crippen molar-refractivity contribution in [3.8, 4) is 5.88 Å². The van der Waals surface area contributed by atoms with E-state index >= 15 is 0 Å². The van der Waals surface area contributed by atoms with Crippen molar-refractivity contribution in [2.45, 2.75) is 32.2 Å². The highest BCUT2D eigenvalue weighted by Crippen LogP contribution is 2.22. The Labute approximate surface area is 119 Å². The molecule has 1 aliphatic heterocycles. The van der Waals surface area contributed by atoms with E-state index in [2.05, 4.69) is 9.88 Å². The van der Waals surface area contributed by atoms with Crippen LogP contribution in [0.15, 0.2) is 18.2 Å². The van der Waals surface area contributed by atoms with Gasteiger partial charge in [0.1, 0.15) is 0 Å². The van der Waals surface area contributed by atoms with Crippen LogP contribution in [0.3, 0.4) is 0 Å². The van der Waals surface area contributed by atoms with Crippen LogP contribution < -0.4 is 4.74 Å². The van der Waals surface area contributed by atoms with Gasteiger partial charge >= 0.3 is 5.97 Å². The van der Waals surface area contributed by atoms with Crippen LogP contribution in [0.2, 0.25) is 0 Å². The molecular formula is C15H22N2O3. The maximum Gasteiger partial charge on any atom is 0.303 e. The highest BCUT2D eigenvalue weighted by atomic mass is 16.5. The van der Waals surface area contributed by atoms with Gasteiger partial charge in [-0.05, 0) is 37.8 Å². The number of carboxylic acids is 1. The van der Waals surface area contributed by atoms with Crippen molar-refractivity contribution < 1.29 is 14.6 Å². The van der Waals surface area contributed by atoms with Gasteiger partial charge in [-0.2, -0.15) is 0 Å². The minimum absolute atomic E-state index is 0.274. The van der Waals surface area contributed by atoms with Crippen LogP contribution >= 0.6 is 0 Å². The number of hydrogen-bond acceptors (Lipinski definition) is 4. The highest BCUT2D eigenvalue weighted by molar-refractivity contribution is 5.66. The Morgan fingerprint density at radius 3 is 3.15 bits per heavy atom. The molecule has 1 unspecified atom stereocenters. The van der Waals surface area contributed by atoms with Crippen molar-refractivity contribution in [3.63, 3.8) is 0 Å². The maximum atomic E-state index is 10.6. The quantitative estimate of drug-likeness (QED) is 0.864. The summed E-state index contributed by atoms with van der Waals surface area (Å²) < 4.78 is 5.14. The van der Waals surface area contributed by atoms with Gasteiger partial charge in [0.2, 0.25) is 5.88 Å². The van der Waals surface area contributed by atoms with Gasteiger partial charge in [0.25, 0.3) is 0 Å². The lowest BCUT2D eigenvalue weighted by atomic mass is 9.93. The third-order valence-electron chi connectivity index (χ3n) is 3.75. The van der Waals surface area contributed by atoms with Gasteiger partial charge < -0.3 is 9.84 Å². The minimum atomic E-state index is -0.698. The minimum Gasteiger partial charge on any atom is -0.481 e. The third-order valence-corrected chi connectivity index (χ3v) is 3.75. The van der Waals surface area contributed by atoms with Gasteiger partial charge in [-0.3, -0.25) is 9.69 Å². The molecule has 20 heavy (non-hydrogen) atoms. The Balaban J connectivity index is 1.87. The zero-order valence-electron chi connectivity index (χ0n) is 11.9. The normalized spacial score (nSPS) is 19.8. The molecule has 1 fully saturated rings. The van der Waals surface area contributed by atoms with Crippen molar-refractivity contribution in [1.29, 1.82) is 0 Å². The first-order chi connectivity index (χ1) is 9.67. The molecule has 0 spiro atoms. The van der Waals surface area contributed by atoms with Crippen molar-refractivity contribution >= 4 is 5.97 Å². The first-order valence-corrected chi connectivity index (χ1v) is 7.11. The van der Waals surface area contributed by atoms with Crippen molar-refractivity contribution in [1.82, 2.24) is 9.88 Å². The molecule has 2 heterocycles. The third kappa shape index (κ3) is 4.49. The van der Waals surface area contributed by atoms with E-state index in [0.717, 1.165) is 44.6 Å². The molecule has 0 radical (unpaired) electrons. The first kappa shape index (κ1) is 14.8. The number of carbonyl (C=O) groups is 1. The van der Waals surface area contributed by atoms with E-state index in [0.29, 0.717) is 11.8 Å². The lowest BCUT2D eigenvalue weighted by Gasteiger charge is -2.32. The molecule has 1 aliphatic rings. The number of nitrogens with zero attached hydrogens (tertiary/aromatic N) is 2. The second kappa shape index (κ2) is 7.24. The van der Waals surface area contributed by atoms with Gasteiger partial charge in [0, 0.05) is 25.6 Å². The molecule has 2 rings (SSSR count). The maximum absolute atomic E-state index is 10.6. The largest absolute Gasteiger partial charge is 0.481 e. The molecule has 1 aromatic heterocycles. The van der Waals surface area contributed by atoms with Crippen LogP contribution in [-0.4, -0.2) is 41.2 Å². The zero-order chi connectivity index (χ0) is 14.4. The number of aromatic nitrogens is 1. The number of likely N-dealkylation sites (tertiary alicyclic amines) is 1. The number of hydrogen-bond donors (Lipinski definition) is 1. The van der Waals surface area contributed by atoms with Crippen LogP contribution in [0.5, 0.6) is 5.88 Å². The number of carboxylic acid groups (broad SMARTS) is 1. The molecule has 110 valence electrons. The number of aliphatic carboxylic acids is 1. The van der Waals surface area contributed by atoms with E-state index in [9.17, 15) is 4.79 Å². The Bertz CT molecular complexity index is 450. The number of piperidine rings is 1. The summed E-state index contributed by atoms with van der Waals surface area (Å²) in [5, 5.41) is 8.77. The summed E-state index contributed by atoms with van der Waals surface area (Å²) in [6.07, 6.45) is 3.32. The molecule has 1 saturated heterocycles. The van der Waals surface area contributed by atoms with Crippen molar-refractivity contribution in [2.24, 2.45) is 5.92 Å². The van der Waals surface area contributed by atoms with E-state index in [1.807, 2.05) is 18.2 Å². The van der Waals surface area contributed by atoms with Gasteiger partial charge in [0.05, 0.1) is 12.8 Å². The van der Waals surface area contributed by atoms with E-state index in [1.165, 1.54) is 0 Å². The Morgan fingerprint density at radius 1 is 1.55 bits per heavy atom. The molecule has 0 amide bonds. The zero-order valence-corrected chi connectivity index (χ0v) is 11.9. The molecule has 0 aliphatic carbocycles. The lowest BCUT2D eigenvalue weighted by Crippen LogP contribution is -2.35. The standard InChI is InChI=1S/C15H22N2O3/c1-20-14-6-2-5-13(16-14)11-17-9-3-4-12(10-17)7-8-15(18)19/h2,5-6,12H,3-4,7-11H2,1H3,(H,18,19). The van der Waals surface area contributed by atoms with Gasteiger partial charge in [0.15, 0.2) is 0 Å². The van der Waals surface area contributed by atoms with E-state index in [-0.39, 0.29) is 6.42 Å². The van der Waals surface area contributed by atoms with E-state index in [1.54, 1.807) is 7.11 Å². The fourth-order valence-electron chi connectivity index (χ4n) is 2.75. The average molecular weight is 278 g/mol. The molecule has 0 aromatic carbocycles. The highest BCUT2D eigenvalue weighted by Gasteiger charge is 2.20. The monoisotopic (exact) mass is 278 g/mol. The number of rotatable bonds is 6. The first-order valence-electron chi connectivity index (χ1n) is 7.11. The Morgan fingerprint density at radius 2 is 2.40 bits per heavy atom. The van der Waals surface area contributed by atoms with Crippen molar-refractivity contribution in [3.05, 3.63) is 23.9 Å². The molecule has 1 N–H and O–H groups in total. The molecule has 5 nitrogen and oxygen atoms in total. The van der Waals surface area contributed by atoms with Gasteiger partial charge in [-0.25, -0.2) is 4.98 Å². The summed E-state index contributed by atoms with van der Waals surface area (Å²) in [6.45, 7) is 2.83. The van der Waals surface area contributed by atoms with E-state index < -0.39 is 5.97 Å². The number of methoxy groups -OCH3 is 1. The summed E-state index contributed by atoms with van der Waals surface area (Å²) in [5.41, 5.74) is 1.00. The predicted octanol–water partition coefficient (Wildman–Crippen LogP) is 2.17. The SMILES string of the molecule is COc1cccc(CN2CCCC(CCC(=O)O)C2)n1. The Hall–Kier alpha value is -1.62. The molecule has 0 saturated carbocycles. The fraction of sp³-hybridized carbons (Fsp3) is 0.600. The number of ether oxygens (including phenoxy) is 1. The fourth-order valence-corrected chi connectivity index (χ4v) is 2.75. The second-order valence-corrected chi connectivity index (χ2v) is 5.35. The van der Waals surface area contributed by atoms with Crippen LogP contribution in [0, 0.1) is 5.92 Å². The van der Waals surface area contributed by atoms with Gasteiger partial charge in [-0.15, -0.1) is 0 Å². The smallest absolute Gasteiger partial charge is 0.303 e. The topological polar surface area (TPSA) is 62.7 Å². The number of pyridine rings is 1. The summed E-state index contributed by atoms with van der Waals surface area (Å²) in [5.74, 6) is 0.434. The summed E-state index contributed by atoms with van der Waals surface area (Å²) >= 11 is 0. The van der Waals surface area contributed by atoms with Crippen LogP contribution in [0.25, 0.3) is 0 Å². The summed E-state index contributed by atoms with van der Waals surface area (Å²) in [6, 6.07) is 5.80. The molecule has 0 bridgehead atoms. The van der Waals surface area contributed by atoms with Crippen LogP contribution in [-0.2, 0) is 11.3 Å². The van der Waals surface area contributed by atoms with Crippen molar-refractivity contribution in [2.75, 3.05) is 20.2 Å².